The first-order valence-corrected chi connectivity index (χ1v) is 10.1. The van der Waals surface area contributed by atoms with Crippen molar-refractivity contribution in [1.82, 2.24) is 5.32 Å². The molecule has 0 saturated heterocycles. The summed E-state index contributed by atoms with van der Waals surface area (Å²) in [6, 6.07) is 3.49. The van der Waals surface area contributed by atoms with Crippen LogP contribution in [0.3, 0.4) is 0 Å². The fraction of sp³-hybridized carbons (Fsp3) is 0.643. The number of carbonyl (C=O) groups excluding carboxylic acids is 1. The average molecular weight is 350 g/mol. The number of hydrogen-bond donors (Lipinski definition) is 1. The third-order valence-electron chi connectivity index (χ3n) is 3.83. The van der Waals surface area contributed by atoms with Crippen LogP contribution in [-0.4, -0.2) is 25.6 Å². The average Bonchev–Trinajstić information content (AvgIpc) is 2.83. The predicted octanol–water partition coefficient (Wildman–Crippen LogP) is 3.15. The summed E-state index contributed by atoms with van der Waals surface area (Å²) < 4.78 is 25.1. The van der Waals surface area contributed by atoms with E-state index in [0.717, 1.165) is 25.7 Å². The van der Waals surface area contributed by atoms with Gasteiger partial charge in [-0.3, -0.25) is 4.79 Å². The van der Waals surface area contributed by atoms with Crippen LogP contribution in [0.4, 0.5) is 0 Å². The van der Waals surface area contributed by atoms with Crippen LogP contribution in [-0.2, 0) is 20.4 Å². The number of rotatable bonds is 5. The SMILES string of the molecule is C[C@H](C(=O)NC1CCCCC1)S(=O)(=O)Cc1ccc(Cl)s1. The van der Waals surface area contributed by atoms with Gasteiger partial charge in [-0.25, -0.2) is 8.42 Å². The van der Waals surface area contributed by atoms with E-state index in [4.69, 9.17) is 11.6 Å². The second-order valence-corrected chi connectivity index (χ2v) is 9.62. The van der Waals surface area contributed by atoms with E-state index >= 15 is 0 Å². The van der Waals surface area contributed by atoms with Gasteiger partial charge < -0.3 is 5.32 Å². The van der Waals surface area contributed by atoms with Crippen LogP contribution in [0.15, 0.2) is 12.1 Å². The van der Waals surface area contributed by atoms with Gasteiger partial charge in [0.2, 0.25) is 5.91 Å². The first-order valence-electron chi connectivity index (χ1n) is 7.14. The first-order chi connectivity index (χ1) is 9.88. The molecule has 1 saturated carbocycles. The molecule has 1 aliphatic rings. The van der Waals surface area contributed by atoms with Gasteiger partial charge in [-0.2, -0.15) is 0 Å². The van der Waals surface area contributed by atoms with Crippen molar-refractivity contribution in [3.8, 4) is 0 Å². The van der Waals surface area contributed by atoms with Crippen LogP contribution in [0.5, 0.6) is 0 Å². The smallest absolute Gasteiger partial charge is 0.238 e. The highest BCUT2D eigenvalue weighted by atomic mass is 35.5. The maximum Gasteiger partial charge on any atom is 0.238 e. The first kappa shape index (κ1) is 16.8. The fourth-order valence-electron chi connectivity index (χ4n) is 2.48. The highest BCUT2D eigenvalue weighted by Crippen LogP contribution is 2.24. The van der Waals surface area contributed by atoms with E-state index in [0.29, 0.717) is 9.21 Å². The molecule has 21 heavy (non-hydrogen) atoms. The van der Waals surface area contributed by atoms with Crippen LogP contribution in [0.2, 0.25) is 4.34 Å². The second kappa shape index (κ2) is 7.11. The number of sulfone groups is 1. The van der Waals surface area contributed by atoms with Gasteiger partial charge in [0.15, 0.2) is 9.84 Å². The molecule has 1 fully saturated rings. The zero-order valence-corrected chi connectivity index (χ0v) is 14.4. The maximum absolute atomic E-state index is 12.3. The second-order valence-electron chi connectivity index (χ2n) is 5.50. The van der Waals surface area contributed by atoms with Gasteiger partial charge >= 0.3 is 0 Å². The lowest BCUT2D eigenvalue weighted by Gasteiger charge is -2.24. The molecule has 0 spiro atoms. The quantitative estimate of drug-likeness (QED) is 0.888. The molecule has 1 atom stereocenters. The van der Waals surface area contributed by atoms with Gasteiger partial charge in [0.1, 0.15) is 5.25 Å². The third kappa shape index (κ3) is 4.69. The van der Waals surface area contributed by atoms with Gasteiger partial charge in [0.05, 0.1) is 10.1 Å². The Balaban J connectivity index is 1.96. The molecule has 1 aromatic heterocycles. The molecule has 0 bridgehead atoms. The van der Waals surface area contributed by atoms with E-state index in [9.17, 15) is 13.2 Å². The molecule has 1 aromatic rings. The van der Waals surface area contributed by atoms with Crippen molar-refractivity contribution in [2.24, 2.45) is 0 Å². The Labute approximate surface area is 134 Å². The van der Waals surface area contributed by atoms with Crippen molar-refractivity contribution in [2.75, 3.05) is 0 Å². The van der Waals surface area contributed by atoms with Crippen molar-refractivity contribution < 1.29 is 13.2 Å². The zero-order valence-electron chi connectivity index (χ0n) is 12.0. The summed E-state index contributed by atoms with van der Waals surface area (Å²) in [4.78, 5) is 12.8. The highest BCUT2D eigenvalue weighted by Gasteiger charge is 2.30. The highest BCUT2D eigenvalue weighted by molar-refractivity contribution is 7.92. The molecule has 0 aromatic carbocycles. The Morgan fingerprint density at radius 2 is 2.05 bits per heavy atom. The van der Waals surface area contributed by atoms with E-state index in [1.54, 1.807) is 12.1 Å². The van der Waals surface area contributed by atoms with E-state index in [1.807, 2.05) is 0 Å². The molecule has 2 rings (SSSR count). The van der Waals surface area contributed by atoms with Crippen LogP contribution in [0.25, 0.3) is 0 Å². The molecule has 0 unspecified atom stereocenters. The lowest BCUT2D eigenvalue weighted by Crippen LogP contribution is -2.44. The Morgan fingerprint density at radius 1 is 1.38 bits per heavy atom. The minimum atomic E-state index is -3.51. The van der Waals surface area contributed by atoms with Crippen LogP contribution >= 0.6 is 22.9 Å². The van der Waals surface area contributed by atoms with Crippen LogP contribution in [0.1, 0.15) is 43.9 Å². The maximum atomic E-state index is 12.3. The molecule has 7 heteroatoms. The van der Waals surface area contributed by atoms with Crippen molar-refractivity contribution in [1.29, 1.82) is 0 Å². The van der Waals surface area contributed by atoms with Gasteiger partial charge in [0, 0.05) is 10.9 Å². The predicted molar refractivity (Wildman–Crippen MR) is 86.4 cm³/mol. The summed E-state index contributed by atoms with van der Waals surface area (Å²) in [5.41, 5.74) is 0. The molecular formula is C14H20ClNO3S2. The summed E-state index contributed by atoms with van der Waals surface area (Å²) >= 11 is 7.04. The minimum Gasteiger partial charge on any atom is -0.352 e. The third-order valence-corrected chi connectivity index (χ3v) is 7.25. The van der Waals surface area contributed by atoms with Gasteiger partial charge in [-0.05, 0) is 31.9 Å². The molecule has 0 aliphatic heterocycles. The molecule has 1 amide bonds. The summed E-state index contributed by atoms with van der Waals surface area (Å²) in [6.07, 6.45) is 5.27. The number of thiophene rings is 1. The topological polar surface area (TPSA) is 63.2 Å². The largest absolute Gasteiger partial charge is 0.352 e. The van der Waals surface area contributed by atoms with Crippen molar-refractivity contribution in [2.45, 2.75) is 56.1 Å². The number of nitrogens with one attached hydrogen (secondary N) is 1. The molecule has 0 radical (unpaired) electrons. The summed E-state index contributed by atoms with van der Waals surface area (Å²) in [5.74, 6) is -0.520. The van der Waals surface area contributed by atoms with E-state index in [2.05, 4.69) is 5.32 Å². The Hall–Kier alpha value is -0.590. The normalized spacial score (nSPS) is 18.4. The fourth-order valence-corrected chi connectivity index (χ4v) is 5.23. The molecule has 1 aliphatic carbocycles. The lowest BCUT2D eigenvalue weighted by molar-refractivity contribution is -0.121. The monoisotopic (exact) mass is 349 g/mol. The molecule has 1 N–H and O–H groups in total. The Bertz CT molecular complexity index is 591. The molecule has 1 heterocycles. The Morgan fingerprint density at radius 3 is 2.62 bits per heavy atom. The number of carbonyl (C=O) groups is 1. The van der Waals surface area contributed by atoms with Crippen molar-refractivity contribution in [3.63, 3.8) is 0 Å². The summed E-state index contributed by atoms with van der Waals surface area (Å²) in [5, 5.41) is 1.85. The summed E-state index contributed by atoms with van der Waals surface area (Å²) in [7, 11) is -3.51. The minimum absolute atomic E-state index is 0.125. The van der Waals surface area contributed by atoms with Gasteiger partial charge in [0.25, 0.3) is 0 Å². The number of halogens is 1. The van der Waals surface area contributed by atoms with Gasteiger partial charge in [-0.15, -0.1) is 11.3 Å². The van der Waals surface area contributed by atoms with Crippen LogP contribution in [0, 0.1) is 0 Å². The van der Waals surface area contributed by atoms with Crippen molar-refractivity contribution >= 4 is 38.7 Å². The number of amides is 1. The van der Waals surface area contributed by atoms with Gasteiger partial charge in [-0.1, -0.05) is 30.9 Å². The van der Waals surface area contributed by atoms with E-state index < -0.39 is 15.1 Å². The zero-order chi connectivity index (χ0) is 15.5. The number of hydrogen-bond acceptors (Lipinski definition) is 4. The lowest BCUT2D eigenvalue weighted by atomic mass is 9.95. The van der Waals surface area contributed by atoms with Crippen LogP contribution < -0.4 is 5.32 Å². The van der Waals surface area contributed by atoms with E-state index in [1.165, 1.54) is 24.7 Å². The molecular weight excluding hydrogens is 330 g/mol. The molecule has 118 valence electrons. The van der Waals surface area contributed by atoms with E-state index in [-0.39, 0.29) is 17.7 Å². The van der Waals surface area contributed by atoms with Crippen molar-refractivity contribution in [3.05, 3.63) is 21.3 Å². The Kier molecular flexibility index (Phi) is 5.68. The summed E-state index contributed by atoms with van der Waals surface area (Å²) in [6.45, 7) is 1.46. The molecule has 4 nitrogen and oxygen atoms in total. The standard InChI is InChI=1S/C14H20ClNO3S2/c1-10(14(17)16-11-5-3-2-4-6-11)21(18,19)9-12-7-8-13(15)20-12/h7-8,10-11H,2-6,9H2,1H3,(H,16,17)/t10-/m1/s1.